The van der Waals surface area contributed by atoms with Crippen molar-refractivity contribution in [2.75, 3.05) is 6.54 Å². The van der Waals surface area contributed by atoms with Gasteiger partial charge in [0.05, 0.1) is 5.56 Å². The third-order valence-electron chi connectivity index (χ3n) is 3.15. The number of aromatic nitrogens is 1. The van der Waals surface area contributed by atoms with Crippen LogP contribution in [-0.2, 0) is 6.54 Å². The number of aryl methyl sites for hydroxylation is 1. The molecule has 2 aromatic rings. The third-order valence-corrected chi connectivity index (χ3v) is 3.52. The van der Waals surface area contributed by atoms with Crippen molar-refractivity contribution in [2.24, 2.45) is 0 Å². The quantitative estimate of drug-likeness (QED) is 0.859. The van der Waals surface area contributed by atoms with Crippen molar-refractivity contribution in [3.63, 3.8) is 0 Å². The van der Waals surface area contributed by atoms with E-state index in [-0.39, 0.29) is 5.91 Å². The standard InChI is InChI=1S/C16H17ClN2O/c1-3-19(11-14-6-4-5-7-15(14)17)16(20)13-9-8-12(2)18-10-13/h4-10H,3,11H2,1-2H3. The maximum Gasteiger partial charge on any atom is 0.255 e. The number of rotatable bonds is 4. The van der Waals surface area contributed by atoms with E-state index in [4.69, 9.17) is 11.6 Å². The van der Waals surface area contributed by atoms with E-state index in [2.05, 4.69) is 4.98 Å². The molecule has 0 fully saturated rings. The fraction of sp³-hybridized carbons (Fsp3) is 0.250. The van der Waals surface area contributed by atoms with Crippen molar-refractivity contribution in [3.05, 3.63) is 64.4 Å². The Morgan fingerprint density at radius 3 is 2.60 bits per heavy atom. The molecule has 0 aliphatic carbocycles. The zero-order chi connectivity index (χ0) is 14.5. The van der Waals surface area contributed by atoms with Crippen LogP contribution in [0.5, 0.6) is 0 Å². The first-order chi connectivity index (χ1) is 9.61. The summed E-state index contributed by atoms with van der Waals surface area (Å²) in [6.07, 6.45) is 1.62. The van der Waals surface area contributed by atoms with Crippen LogP contribution in [0.4, 0.5) is 0 Å². The van der Waals surface area contributed by atoms with Crippen LogP contribution >= 0.6 is 11.6 Å². The summed E-state index contributed by atoms with van der Waals surface area (Å²) in [4.78, 5) is 18.4. The van der Waals surface area contributed by atoms with E-state index in [1.54, 1.807) is 17.2 Å². The number of nitrogens with zero attached hydrogens (tertiary/aromatic N) is 2. The molecule has 3 nitrogen and oxygen atoms in total. The molecule has 0 N–H and O–H groups in total. The number of benzene rings is 1. The zero-order valence-corrected chi connectivity index (χ0v) is 12.4. The number of amides is 1. The van der Waals surface area contributed by atoms with Gasteiger partial charge in [0, 0.05) is 30.0 Å². The molecule has 4 heteroatoms. The van der Waals surface area contributed by atoms with Gasteiger partial charge in [-0.1, -0.05) is 29.8 Å². The average Bonchev–Trinajstić information content (AvgIpc) is 2.46. The van der Waals surface area contributed by atoms with Crippen LogP contribution in [0.15, 0.2) is 42.6 Å². The Morgan fingerprint density at radius 1 is 1.25 bits per heavy atom. The van der Waals surface area contributed by atoms with Crippen molar-refractivity contribution in [2.45, 2.75) is 20.4 Å². The first kappa shape index (κ1) is 14.5. The van der Waals surface area contributed by atoms with Crippen molar-refractivity contribution in [3.8, 4) is 0 Å². The number of hydrogen-bond acceptors (Lipinski definition) is 2. The molecule has 1 aromatic carbocycles. The van der Waals surface area contributed by atoms with Crippen LogP contribution in [-0.4, -0.2) is 22.3 Å². The fourth-order valence-electron chi connectivity index (χ4n) is 1.94. The molecule has 2 rings (SSSR count). The molecule has 0 spiro atoms. The van der Waals surface area contributed by atoms with Gasteiger partial charge in [0.15, 0.2) is 0 Å². The lowest BCUT2D eigenvalue weighted by molar-refractivity contribution is 0.0752. The highest BCUT2D eigenvalue weighted by Gasteiger charge is 2.15. The van der Waals surface area contributed by atoms with E-state index in [0.29, 0.717) is 23.7 Å². The van der Waals surface area contributed by atoms with Crippen LogP contribution in [0.3, 0.4) is 0 Å². The molecule has 0 atom stereocenters. The van der Waals surface area contributed by atoms with E-state index in [1.807, 2.05) is 44.2 Å². The predicted molar refractivity (Wildman–Crippen MR) is 80.8 cm³/mol. The summed E-state index contributed by atoms with van der Waals surface area (Å²) in [5.41, 5.74) is 2.45. The number of hydrogen-bond donors (Lipinski definition) is 0. The molecule has 104 valence electrons. The first-order valence-corrected chi connectivity index (χ1v) is 6.95. The average molecular weight is 289 g/mol. The first-order valence-electron chi connectivity index (χ1n) is 6.57. The summed E-state index contributed by atoms with van der Waals surface area (Å²) in [5, 5.41) is 0.681. The molecule has 1 heterocycles. The second kappa shape index (κ2) is 6.53. The number of carbonyl (C=O) groups excluding carboxylic acids is 1. The monoisotopic (exact) mass is 288 g/mol. The van der Waals surface area contributed by atoms with Gasteiger partial charge in [-0.05, 0) is 37.6 Å². The minimum atomic E-state index is -0.0279. The van der Waals surface area contributed by atoms with E-state index < -0.39 is 0 Å². The van der Waals surface area contributed by atoms with Gasteiger partial charge in [-0.3, -0.25) is 9.78 Å². The Kier molecular flexibility index (Phi) is 4.74. The van der Waals surface area contributed by atoms with E-state index in [0.717, 1.165) is 11.3 Å². The van der Waals surface area contributed by atoms with Gasteiger partial charge in [-0.25, -0.2) is 0 Å². The van der Waals surface area contributed by atoms with Crippen LogP contribution in [0.25, 0.3) is 0 Å². The molecule has 0 bridgehead atoms. The molecule has 0 saturated heterocycles. The lowest BCUT2D eigenvalue weighted by Crippen LogP contribution is -2.30. The van der Waals surface area contributed by atoms with Gasteiger partial charge < -0.3 is 4.90 Å². The Morgan fingerprint density at radius 2 is 2.00 bits per heavy atom. The molecule has 1 amide bonds. The van der Waals surface area contributed by atoms with Gasteiger partial charge in [0.1, 0.15) is 0 Å². The molecule has 0 radical (unpaired) electrons. The summed E-state index contributed by atoms with van der Waals surface area (Å²) in [6.45, 7) is 4.98. The summed E-state index contributed by atoms with van der Waals surface area (Å²) in [5.74, 6) is -0.0279. The molecule has 0 aliphatic heterocycles. The number of carbonyl (C=O) groups is 1. The Labute approximate surface area is 124 Å². The summed E-state index contributed by atoms with van der Waals surface area (Å²) >= 11 is 6.15. The lowest BCUT2D eigenvalue weighted by atomic mass is 10.2. The summed E-state index contributed by atoms with van der Waals surface area (Å²) in [6, 6.07) is 11.2. The fourth-order valence-corrected chi connectivity index (χ4v) is 2.13. The molecule has 20 heavy (non-hydrogen) atoms. The molecule has 0 unspecified atom stereocenters. The molecule has 0 aliphatic rings. The van der Waals surface area contributed by atoms with E-state index in [9.17, 15) is 4.79 Å². The minimum Gasteiger partial charge on any atom is -0.334 e. The maximum atomic E-state index is 12.4. The highest BCUT2D eigenvalue weighted by atomic mass is 35.5. The Balaban J connectivity index is 2.18. The minimum absolute atomic E-state index is 0.0279. The smallest absolute Gasteiger partial charge is 0.255 e. The summed E-state index contributed by atoms with van der Waals surface area (Å²) in [7, 11) is 0. The van der Waals surface area contributed by atoms with Crippen molar-refractivity contribution in [1.29, 1.82) is 0 Å². The summed E-state index contributed by atoms with van der Waals surface area (Å²) < 4.78 is 0. The zero-order valence-electron chi connectivity index (χ0n) is 11.6. The normalized spacial score (nSPS) is 10.3. The van der Waals surface area contributed by atoms with E-state index >= 15 is 0 Å². The van der Waals surface area contributed by atoms with Gasteiger partial charge >= 0.3 is 0 Å². The molecule has 0 saturated carbocycles. The van der Waals surface area contributed by atoms with Gasteiger partial charge in [-0.2, -0.15) is 0 Å². The predicted octanol–water partition coefficient (Wildman–Crippen LogP) is 3.71. The maximum absolute atomic E-state index is 12.4. The van der Waals surface area contributed by atoms with Gasteiger partial charge in [0.25, 0.3) is 5.91 Å². The topological polar surface area (TPSA) is 33.2 Å². The lowest BCUT2D eigenvalue weighted by Gasteiger charge is -2.21. The van der Waals surface area contributed by atoms with Crippen LogP contribution in [0.2, 0.25) is 5.02 Å². The molecule has 1 aromatic heterocycles. The second-order valence-corrected chi connectivity index (χ2v) is 5.01. The van der Waals surface area contributed by atoms with Crippen molar-refractivity contribution >= 4 is 17.5 Å². The van der Waals surface area contributed by atoms with Crippen LogP contribution in [0, 0.1) is 6.92 Å². The number of halogens is 1. The van der Waals surface area contributed by atoms with Crippen LogP contribution < -0.4 is 0 Å². The largest absolute Gasteiger partial charge is 0.334 e. The SMILES string of the molecule is CCN(Cc1ccccc1Cl)C(=O)c1ccc(C)nc1. The molecular formula is C16H17ClN2O. The molecular weight excluding hydrogens is 272 g/mol. The Bertz CT molecular complexity index is 596. The Hall–Kier alpha value is -1.87. The van der Waals surface area contributed by atoms with Gasteiger partial charge in [-0.15, -0.1) is 0 Å². The highest BCUT2D eigenvalue weighted by molar-refractivity contribution is 6.31. The second-order valence-electron chi connectivity index (χ2n) is 4.60. The highest BCUT2D eigenvalue weighted by Crippen LogP contribution is 2.18. The third kappa shape index (κ3) is 3.36. The van der Waals surface area contributed by atoms with Crippen LogP contribution in [0.1, 0.15) is 28.5 Å². The van der Waals surface area contributed by atoms with E-state index in [1.165, 1.54) is 0 Å². The van der Waals surface area contributed by atoms with Gasteiger partial charge in [0.2, 0.25) is 0 Å². The number of pyridine rings is 1. The van der Waals surface area contributed by atoms with Crippen molar-refractivity contribution < 1.29 is 4.79 Å². The van der Waals surface area contributed by atoms with Crippen molar-refractivity contribution in [1.82, 2.24) is 9.88 Å².